The van der Waals surface area contributed by atoms with Gasteiger partial charge in [0.1, 0.15) is 11.6 Å². The lowest BCUT2D eigenvalue weighted by atomic mass is 10.1. The average Bonchev–Trinajstić information content (AvgIpc) is 2.63. The summed E-state index contributed by atoms with van der Waals surface area (Å²) < 4.78 is 11.3. The molecule has 0 aliphatic carbocycles. The molecule has 0 saturated carbocycles. The number of anilines is 1. The summed E-state index contributed by atoms with van der Waals surface area (Å²) in [6.45, 7) is 1.87. The van der Waals surface area contributed by atoms with Crippen molar-refractivity contribution in [2.75, 3.05) is 19.5 Å². The number of halogens is 2. The van der Waals surface area contributed by atoms with Crippen molar-refractivity contribution in [3.8, 4) is 17.6 Å². The van der Waals surface area contributed by atoms with Crippen molar-refractivity contribution in [2.24, 2.45) is 0 Å². The first-order valence-electron chi connectivity index (χ1n) is 7.50. The van der Waals surface area contributed by atoms with Gasteiger partial charge in [0.05, 0.1) is 14.2 Å². The first-order chi connectivity index (χ1) is 12.4. The molecule has 0 heterocycles. The van der Waals surface area contributed by atoms with Gasteiger partial charge < -0.3 is 14.8 Å². The van der Waals surface area contributed by atoms with Crippen molar-refractivity contribution in [3.63, 3.8) is 0 Å². The molecule has 0 atom stereocenters. The van der Waals surface area contributed by atoms with Crippen molar-refractivity contribution in [2.45, 2.75) is 6.92 Å². The van der Waals surface area contributed by atoms with Crippen molar-refractivity contribution < 1.29 is 14.3 Å². The number of aryl methyl sites for hydroxylation is 1. The lowest BCUT2D eigenvalue weighted by Gasteiger charge is -2.10. The topological polar surface area (TPSA) is 71.3 Å². The summed E-state index contributed by atoms with van der Waals surface area (Å²) in [5.74, 6) is 0.575. The number of hydrogen-bond acceptors (Lipinski definition) is 4. The predicted molar refractivity (Wildman–Crippen MR) is 111 cm³/mol. The van der Waals surface area contributed by atoms with Gasteiger partial charge in [-0.3, -0.25) is 4.79 Å². The summed E-state index contributed by atoms with van der Waals surface area (Å²) in [7, 11) is 3.07. The van der Waals surface area contributed by atoms with Crippen molar-refractivity contribution in [1.29, 1.82) is 5.26 Å². The highest BCUT2D eigenvalue weighted by molar-refractivity contribution is 14.1. The third kappa shape index (κ3) is 4.68. The molecule has 0 bridgehead atoms. The molecule has 134 valence electrons. The Hall–Kier alpha value is -2.24. The smallest absolute Gasteiger partial charge is 0.266 e. The Labute approximate surface area is 170 Å². The van der Waals surface area contributed by atoms with E-state index in [0.717, 1.165) is 9.13 Å². The van der Waals surface area contributed by atoms with Crippen LogP contribution in [-0.4, -0.2) is 20.1 Å². The molecule has 0 aromatic heterocycles. The van der Waals surface area contributed by atoms with E-state index < -0.39 is 5.91 Å². The predicted octanol–water partition coefficient (Wildman–Crippen LogP) is 4.82. The van der Waals surface area contributed by atoms with Crippen LogP contribution >= 0.6 is 34.2 Å². The van der Waals surface area contributed by atoms with Gasteiger partial charge in [0.15, 0.2) is 11.5 Å². The molecule has 1 amide bonds. The van der Waals surface area contributed by atoms with Gasteiger partial charge in [-0.15, -0.1) is 0 Å². The third-order valence-corrected chi connectivity index (χ3v) is 4.94. The lowest BCUT2D eigenvalue weighted by Crippen LogP contribution is -2.13. The van der Waals surface area contributed by atoms with Crippen LogP contribution in [0.2, 0.25) is 5.02 Å². The van der Waals surface area contributed by atoms with Gasteiger partial charge in [-0.1, -0.05) is 17.7 Å². The van der Waals surface area contributed by atoms with Crippen LogP contribution in [0.15, 0.2) is 35.9 Å². The SMILES string of the molecule is COc1cc(I)c(/C=C(\C#N)C(=O)Nc2ccc(C)c(Cl)c2)cc1OC. The van der Waals surface area contributed by atoms with Gasteiger partial charge in [-0.25, -0.2) is 0 Å². The van der Waals surface area contributed by atoms with Gasteiger partial charge in [0, 0.05) is 14.3 Å². The summed E-state index contributed by atoms with van der Waals surface area (Å²) in [5.41, 5.74) is 2.07. The molecule has 0 spiro atoms. The Bertz CT molecular complexity index is 920. The largest absolute Gasteiger partial charge is 0.493 e. The van der Waals surface area contributed by atoms with Crippen LogP contribution < -0.4 is 14.8 Å². The molecule has 0 radical (unpaired) electrons. The summed E-state index contributed by atoms with van der Waals surface area (Å²) in [4.78, 5) is 12.4. The number of carbonyl (C=O) groups excluding carboxylic acids is 1. The number of amides is 1. The molecule has 0 saturated heterocycles. The average molecular weight is 483 g/mol. The van der Waals surface area contributed by atoms with Gasteiger partial charge >= 0.3 is 0 Å². The maximum absolute atomic E-state index is 12.4. The molecular weight excluding hydrogens is 467 g/mol. The van der Waals surface area contributed by atoms with Gasteiger partial charge in [-0.2, -0.15) is 5.26 Å². The zero-order valence-electron chi connectivity index (χ0n) is 14.4. The Morgan fingerprint density at radius 2 is 1.88 bits per heavy atom. The molecule has 0 unspecified atom stereocenters. The van der Waals surface area contributed by atoms with E-state index in [9.17, 15) is 10.1 Å². The van der Waals surface area contributed by atoms with E-state index in [4.69, 9.17) is 21.1 Å². The van der Waals surface area contributed by atoms with Crippen LogP contribution in [-0.2, 0) is 4.79 Å². The molecule has 26 heavy (non-hydrogen) atoms. The van der Waals surface area contributed by atoms with E-state index >= 15 is 0 Å². The van der Waals surface area contributed by atoms with Crippen LogP contribution in [0.25, 0.3) is 6.08 Å². The molecule has 7 heteroatoms. The maximum Gasteiger partial charge on any atom is 0.266 e. The first-order valence-corrected chi connectivity index (χ1v) is 8.96. The first kappa shape index (κ1) is 20.1. The van der Waals surface area contributed by atoms with Crippen LogP contribution in [0.4, 0.5) is 5.69 Å². The second kappa shape index (κ2) is 8.92. The van der Waals surface area contributed by atoms with Crippen molar-refractivity contribution in [1.82, 2.24) is 0 Å². The molecular formula is C19H16ClIN2O3. The Balaban J connectivity index is 2.33. The van der Waals surface area contributed by atoms with Gasteiger partial charge in [0.25, 0.3) is 5.91 Å². The van der Waals surface area contributed by atoms with Crippen LogP contribution in [0.1, 0.15) is 11.1 Å². The van der Waals surface area contributed by atoms with E-state index in [1.54, 1.807) is 37.4 Å². The molecule has 1 N–H and O–H groups in total. The fraction of sp³-hybridized carbons (Fsp3) is 0.158. The fourth-order valence-electron chi connectivity index (χ4n) is 2.15. The number of nitriles is 1. The normalized spacial score (nSPS) is 10.8. The Morgan fingerprint density at radius 3 is 2.46 bits per heavy atom. The molecule has 0 fully saturated rings. The number of methoxy groups -OCH3 is 2. The number of carbonyl (C=O) groups is 1. The second-order valence-corrected chi connectivity index (χ2v) is 6.89. The zero-order chi connectivity index (χ0) is 19.3. The Kier molecular flexibility index (Phi) is 6.89. The number of rotatable bonds is 5. The molecule has 0 aliphatic rings. The van der Waals surface area contributed by atoms with Crippen LogP contribution in [0.3, 0.4) is 0 Å². The van der Waals surface area contributed by atoms with Gasteiger partial charge in [0.2, 0.25) is 0 Å². The standard InChI is InChI=1S/C19H16ClIN2O3/c1-11-4-5-14(8-15(11)20)23-19(24)13(10-22)6-12-7-17(25-2)18(26-3)9-16(12)21/h4-9H,1-3H3,(H,23,24)/b13-6+. The minimum atomic E-state index is -0.516. The minimum Gasteiger partial charge on any atom is -0.493 e. The van der Waals surface area contributed by atoms with Crippen LogP contribution in [0, 0.1) is 21.8 Å². The van der Waals surface area contributed by atoms with Crippen LogP contribution in [0.5, 0.6) is 11.5 Å². The van der Waals surface area contributed by atoms with Gasteiger partial charge in [-0.05, 0) is 71.0 Å². The zero-order valence-corrected chi connectivity index (χ0v) is 17.3. The quantitative estimate of drug-likeness (QED) is 0.377. The monoisotopic (exact) mass is 482 g/mol. The Morgan fingerprint density at radius 1 is 1.23 bits per heavy atom. The highest BCUT2D eigenvalue weighted by Gasteiger charge is 2.13. The molecule has 0 aliphatic heterocycles. The molecule has 2 rings (SSSR count). The summed E-state index contributed by atoms with van der Waals surface area (Å²) >= 11 is 8.17. The minimum absolute atomic E-state index is 0.0353. The van der Waals surface area contributed by atoms with E-state index in [-0.39, 0.29) is 5.57 Å². The summed E-state index contributed by atoms with van der Waals surface area (Å²) in [5, 5.41) is 12.6. The number of hydrogen-bond donors (Lipinski definition) is 1. The lowest BCUT2D eigenvalue weighted by molar-refractivity contribution is -0.112. The molecule has 2 aromatic carbocycles. The van der Waals surface area contributed by atoms with E-state index in [1.165, 1.54) is 13.2 Å². The van der Waals surface area contributed by atoms with E-state index in [2.05, 4.69) is 27.9 Å². The summed E-state index contributed by atoms with van der Waals surface area (Å²) in [6.07, 6.45) is 1.51. The molecule has 2 aromatic rings. The number of benzene rings is 2. The number of nitrogens with one attached hydrogen (secondary N) is 1. The number of nitrogens with zero attached hydrogens (tertiary/aromatic N) is 1. The second-order valence-electron chi connectivity index (χ2n) is 5.32. The van der Waals surface area contributed by atoms with Crippen molar-refractivity contribution >= 4 is 51.9 Å². The third-order valence-electron chi connectivity index (χ3n) is 3.60. The van der Waals surface area contributed by atoms with Crippen molar-refractivity contribution in [3.05, 3.63) is 55.6 Å². The highest BCUT2D eigenvalue weighted by Crippen LogP contribution is 2.32. The maximum atomic E-state index is 12.4. The fourth-order valence-corrected chi connectivity index (χ4v) is 2.93. The van der Waals surface area contributed by atoms with E-state index in [1.807, 2.05) is 13.0 Å². The molecule has 5 nitrogen and oxygen atoms in total. The van der Waals surface area contributed by atoms with E-state index in [0.29, 0.717) is 27.8 Å². The number of ether oxygens (including phenoxy) is 2. The summed E-state index contributed by atoms with van der Waals surface area (Å²) in [6, 6.07) is 10.6. The highest BCUT2D eigenvalue weighted by atomic mass is 127.